The molecule has 0 spiro atoms. The maximum absolute atomic E-state index is 13.6. The summed E-state index contributed by atoms with van der Waals surface area (Å²) < 4.78 is 13.6. The minimum atomic E-state index is -0.566. The Kier molecular flexibility index (Phi) is 5.14. The maximum atomic E-state index is 13.6. The van der Waals surface area contributed by atoms with Gasteiger partial charge >= 0.3 is 0 Å². The summed E-state index contributed by atoms with van der Waals surface area (Å²) in [4.78, 5) is 24.9. The smallest absolute Gasteiger partial charge is 0.238 e. The fraction of sp³-hybridized carbons (Fsp3) is 0.429. The number of nitrogens with zero attached hydrogens (tertiary/aromatic N) is 1. The first-order valence-corrected chi connectivity index (χ1v) is 7.10. The summed E-state index contributed by atoms with van der Waals surface area (Å²) in [6.45, 7) is 1.42. The molecule has 1 fully saturated rings. The Morgan fingerprint density at radius 1 is 1.38 bits per heavy atom. The molecular weight excluding hydrogens is 297 g/mol. The number of amides is 2. The van der Waals surface area contributed by atoms with Crippen molar-refractivity contribution in [2.45, 2.75) is 12.8 Å². The molecule has 1 aromatic carbocycles. The Bertz CT molecular complexity index is 545. The molecule has 2 rings (SSSR count). The highest BCUT2D eigenvalue weighted by atomic mass is 35.5. The van der Waals surface area contributed by atoms with Crippen molar-refractivity contribution in [2.75, 3.05) is 25.0 Å². The third kappa shape index (κ3) is 4.41. The van der Waals surface area contributed by atoms with Gasteiger partial charge in [-0.1, -0.05) is 11.6 Å². The number of anilines is 1. The minimum absolute atomic E-state index is 0.108. The molecule has 7 heteroatoms. The molecule has 0 aliphatic carbocycles. The topological polar surface area (TPSA) is 75.4 Å². The number of piperidine rings is 1. The van der Waals surface area contributed by atoms with Gasteiger partial charge in [0, 0.05) is 10.9 Å². The highest BCUT2D eigenvalue weighted by Crippen LogP contribution is 2.19. The van der Waals surface area contributed by atoms with Crippen LogP contribution in [0, 0.1) is 11.7 Å². The highest BCUT2D eigenvalue weighted by Gasteiger charge is 2.24. The zero-order valence-corrected chi connectivity index (χ0v) is 12.2. The van der Waals surface area contributed by atoms with E-state index in [2.05, 4.69) is 5.32 Å². The normalized spacial score (nSPS) is 16.7. The Balaban J connectivity index is 1.84. The molecule has 2 amide bonds. The molecular formula is C14H17ClFN3O2. The lowest BCUT2D eigenvalue weighted by Gasteiger charge is -2.29. The van der Waals surface area contributed by atoms with Gasteiger partial charge in [0.25, 0.3) is 0 Å². The van der Waals surface area contributed by atoms with E-state index in [0.29, 0.717) is 25.9 Å². The molecule has 0 aromatic heterocycles. The molecule has 0 saturated carbocycles. The van der Waals surface area contributed by atoms with Crippen LogP contribution in [0.3, 0.4) is 0 Å². The highest BCUT2D eigenvalue weighted by molar-refractivity contribution is 6.30. The second kappa shape index (κ2) is 6.87. The first kappa shape index (κ1) is 15.7. The molecule has 3 N–H and O–H groups in total. The lowest BCUT2D eigenvalue weighted by molar-refractivity contribution is -0.123. The molecule has 1 aromatic rings. The van der Waals surface area contributed by atoms with Crippen LogP contribution in [0.2, 0.25) is 5.02 Å². The van der Waals surface area contributed by atoms with Crippen molar-refractivity contribution in [2.24, 2.45) is 11.7 Å². The molecule has 5 nitrogen and oxygen atoms in total. The van der Waals surface area contributed by atoms with E-state index in [1.807, 2.05) is 4.90 Å². The summed E-state index contributed by atoms with van der Waals surface area (Å²) in [5.74, 6) is -1.27. The van der Waals surface area contributed by atoms with Crippen molar-refractivity contribution in [3.63, 3.8) is 0 Å². The average Bonchev–Trinajstić information content (AvgIpc) is 2.42. The quantitative estimate of drug-likeness (QED) is 0.887. The zero-order valence-electron chi connectivity index (χ0n) is 11.4. The summed E-state index contributed by atoms with van der Waals surface area (Å²) in [5.41, 5.74) is 5.36. The average molecular weight is 314 g/mol. The Labute approximate surface area is 127 Å². The number of nitrogens with two attached hydrogens (primary N) is 1. The number of hydrogen-bond donors (Lipinski definition) is 2. The molecule has 0 unspecified atom stereocenters. The van der Waals surface area contributed by atoms with Crippen LogP contribution in [-0.2, 0) is 9.59 Å². The number of nitrogens with one attached hydrogen (secondary N) is 1. The minimum Gasteiger partial charge on any atom is -0.369 e. The summed E-state index contributed by atoms with van der Waals surface area (Å²) in [5, 5.41) is 2.79. The van der Waals surface area contributed by atoms with Crippen molar-refractivity contribution < 1.29 is 14.0 Å². The molecule has 1 saturated heterocycles. The van der Waals surface area contributed by atoms with Gasteiger partial charge in [-0.05, 0) is 44.1 Å². The van der Waals surface area contributed by atoms with E-state index in [-0.39, 0.29) is 35.0 Å². The third-order valence-electron chi connectivity index (χ3n) is 3.56. The van der Waals surface area contributed by atoms with Gasteiger partial charge in [-0.15, -0.1) is 0 Å². The lowest BCUT2D eigenvalue weighted by atomic mass is 9.96. The number of halogens is 2. The fourth-order valence-corrected chi connectivity index (χ4v) is 2.52. The number of likely N-dealkylation sites (tertiary alicyclic amines) is 1. The van der Waals surface area contributed by atoms with E-state index in [0.717, 1.165) is 6.07 Å². The van der Waals surface area contributed by atoms with Gasteiger partial charge in [0.2, 0.25) is 11.8 Å². The first-order chi connectivity index (χ1) is 9.95. The van der Waals surface area contributed by atoms with E-state index in [9.17, 15) is 14.0 Å². The Hall–Kier alpha value is -1.66. The van der Waals surface area contributed by atoms with Gasteiger partial charge in [-0.25, -0.2) is 4.39 Å². The van der Waals surface area contributed by atoms with E-state index in [1.54, 1.807) is 0 Å². The standard InChI is InChI=1S/C14H17ClFN3O2/c15-10-1-2-12(11(16)7-10)18-13(20)8-19-5-3-9(4-6-19)14(17)21/h1-2,7,9H,3-6,8H2,(H2,17,21)(H,18,20). The van der Waals surface area contributed by atoms with Gasteiger partial charge in [-0.2, -0.15) is 0 Å². The third-order valence-corrected chi connectivity index (χ3v) is 3.80. The van der Waals surface area contributed by atoms with Crippen LogP contribution in [0.5, 0.6) is 0 Å². The van der Waals surface area contributed by atoms with Gasteiger partial charge in [0.1, 0.15) is 5.82 Å². The fourth-order valence-electron chi connectivity index (χ4n) is 2.36. The van der Waals surface area contributed by atoms with Crippen molar-refractivity contribution in [1.82, 2.24) is 4.90 Å². The van der Waals surface area contributed by atoms with Gasteiger partial charge in [0.05, 0.1) is 12.2 Å². The van der Waals surface area contributed by atoms with Crippen LogP contribution in [0.25, 0.3) is 0 Å². The largest absolute Gasteiger partial charge is 0.369 e. The van der Waals surface area contributed by atoms with E-state index >= 15 is 0 Å². The second-order valence-electron chi connectivity index (χ2n) is 5.13. The van der Waals surface area contributed by atoms with E-state index < -0.39 is 5.82 Å². The molecule has 1 aliphatic rings. The van der Waals surface area contributed by atoms with Gasteiger partial charge in [-0.3, -0.25) is 14.5 Å². The second-order valence-corrected chi connectivity index (χ2v) is 5.56. The summed E-state index contributed by atoms with van der Waals surface area (Å²) in [6, 6.07) is 4.09. The Morgan fingerprint density at radius 3 is 2.62 bits per heavy atom. The molecule has 1 heterocycles. The van der Waals surface area contributed by atoms with E-state index in [4.69, 9.17) is 17.3 Å². The molecule has 0 bridgehead atoms. The summed E-state index contributed by atoms with van der Waals surface area (Å²) >= 11 is 5.65. The predicted octanol–water partition coefficient (Wildman–Crippen LogP) is 1.61. The van der Waals surface area contributed by atoms with Crippen LogP contribution < -0.4 is 11.1 Å². The molecule has 0 radical (unpaired) electrons. The monoisotopic (exact) mass is 313 g/mol. The number of benzene rings is 1. The molecule has 21 heavy (non-hydrogen) atoms. The maximum Gasteiger partial charge on any atom is 0.238 e. The Morgan fingerprint density at radius 2 is 2.05 bits per heavy atom. The zero-order chi connectivity index (χ0) is 15.4. The summed E-state index contributed by atoms with van der Waals surface area (Å²) in [6.07, 6.45) is 1.30. The lowest BCUT2D eigenvalue weighted by Crippen LogP contribution is -2.42. The number of hydrogen-bond acceptors (Lipinski definition) is 3. The van der Waals surface area contributed by atoms with Crippen molar-refractivity contribution in [3.05, 3.63) is 29.0 Å². The van der Waals surface area contributed by atoms with Crippen LogP contribution in [0.15, 0.2) is 18.2 Å². The van der Waals surface area contributed by atoms with E-state index in [1.165, 1.54) is 12.1 Å². The molecule has 1 aliphatic heterocycles. The van der Waals surface area contributed by atoms with Gasteiger partial charge < -0.3 is 11.1 Å². The van der Waals surface area contributed by atoms with Crippen molar-refractivity contribution in [1.29, 1.82) is 0 Å². The van der Waals surface area contributed by atoms with Crippen molar-refractivity contribution in [3.8, 4) is 0 Å². The SMILES string of the molecule is NC(=O)C1CCN(CC(=O)Nc2ccc(Cl)cc2F)CC1. The number of primary amides is 1. The van der Waals surface area contributed by atoms with Crippen LogP contribution in [0.4, 0.5) is 10.1 Å². The first-order valence-electron chi connectivity index (χ1n) is 6.72. The predicted molar refractivity (Wildman–Crippen MR) is 78.4 cm³/mol. The number of carbonyl (C=O) groups excluding carboxylic acids is 2. The number of rotatable bonds is 4. The molecule has 114 valence electrons. The van der Waals surface area contributed by atoms with Gasteiger partial charge in [0.15, 0.2) is 0 Å². The van der Waals surface area contributed by atoms with Crippen molar-refractivity contribution >= 4 is 29.1 Å². The van der Waals surface area contributed by atoms with Crippen LogP contribution in [0.1, 0.15) is 12.8 Å². The molecule has 0 atom stereocenters. The summed E-state index contributed by atoms with van der Waals surface area (Å²) in [7, 11) is 0. The van der Waals surface area contributed by atoms with Crippen LogP contribution >= 0.6 is 11.6 Å². The van der Waals surface area contributed by atoms with Crippen LogP contribution in [-0.4, -0.2) is 36.3 Å². The number of carbonyl (C=O) groups is 2.